The Morgan fingerprint density at radius 2 is 1.02 bits per heavy atom. The lowest BCUT2D eigenvalue weighted by molar-refractivity contribution is 0.0744. The minimum atomic E-state index is -4.35. The number of ether oxygens (including phenoxy) is 4. The van der Waals surface area contributed by atoms with Gasteiger partial charge in [0.05, 0.1) is 37.8 Å². The number of sulfonamides is 2. The Morgan fingerprint density at radius 3 is 1.37 bits per heavy atom. The van der Waals surface area contributed by atoms with Gasteiger partial charge in [0, 0.05) is 25.3 Å². The van der Waals surface area contributed by atoms with E-state index in [0.717, 1.165) is 8.61 Å². The van der Waals surface area contributed by atoms with Gasteiger partial charge in [0.1, 0.15) is 34.8 Å². The number of methoxy groups -OCH3 is 2. The van der Waals surface area contributed by atoms with Crippen LogP contribution in [0.25, 0.3) is 0 Å². The zero-order valence-corrected chi connectivity index (χ0v) is 29.7. The third-order valence-electron chi connectivity index (χ3n) is 7.26. The van der Waals surface area contributed by atoms with Gasteiger partial charge in [-0.15, -0.1) is 0 Å². The number of nitrogens with zero attached hydrogens (tertiary/aromatic N) is 4. The Balaban J connectivity index is 1.59. The van der Waals surface area contributed by atoms with Gasteiger partial charge >= 0.3 is 7.69 Å². The van der Waals surface area contributed by atoms with E-state index in [4.69, 9.17) is 37.3 Å². The first kappa shape index (κ1) is 37.7. The summed E-state index contributed by atoms with van der Waals surface area (Å²) < 4.78 is 102. The van der Waals surface area contributed by atoms with Crippen molar-refractivity contribution in [2.45, 2.75) is 37.5 Å². The van der Waals surface area contributed by atoms with E-state index < -0.39 is 41.2 Å². The third kappa shape index (κ3) is 8.73. The highest BCUT2D eigenvalue weighted by atomic mass is 32.2. The number of aromatic nitrogens is 2. The van der Waals surface area contributed by atoms with Crippen molar-refractivity contribution in [3.63, 3.8) is 0 Å². The molecule has 19 heteroatoms. The molecule has 16 nitrogen and oxygen atoms in total. The minimum absolute atomic E-state index is 0.0203. The van der Waals surface area contributed by atoms with Crippen molar-refractivity contribution < 1.29 is 54.1 Å². The standard InChI is InChI=1S/C30H39BN4O12S2/c1-21-23(3)32-46-29(21)34(19-42-17-15-40-5)48(36,37)27-13-9-7-11-25(27)44-31-45-26-12-8-10-14-28(26)49(38,39)35(20-43-18-16-41-6)30-22(2)24(4)33-47-30/h7-14,31H,15-20H2,1-6H3. The van der Waals surface area contributed by atoms with Gasteiger partial charge in [-0.05, 0) is 52.0 Å². The van der Waals surface area contributed by atoms with Crippen LogP contribution in [-0.2, 0) is 39.0 Å². The zero-order valence-electron chi connectivity index (χ0n) is 28.1. The van der Waals surface area contributed by atoms with Crippen LogP contribution in [0.3, 0.4) is 0 Å². The molecule has 0 aliphatic carbocycles. The summed E-state index contributed by atoms with van der Waals surface area (Å²) >= 11 is 0. The quantitative estimate of drug-likeness (QED) is 0.0736. The van der Waals surface area contributed by atoms with Crippen LogP contribution in [0.2, 0.25) is 0 Å². The molecule has 0 radical (unpaired) electrons. The second-order valence-corrected chi connectivity index (χ2v) is 14.1. The number of rotatable bonds is 20. The van der Waals surface area contributed by atoms with Crippen LogP contribution >= 0.6 is 0 Å². The summed E-state index contributed by atoms with van der Waals surface area (Å²) in [4.78, 5) is -0.447. The Hall–Kier alpha value is -4.14. The van der Waals surface area contributed by atoms with Gasteiger partial charge in [-0.2, -0.15) is 0 Å². The number of benzene rings is 2. The van der Waals surface area contributed by atoms with E-state index in [1.807, 2.05) is 0 Å². The van der Waals surface area contributed by atoms with E-state index in [1.54, 1.807) is 39.8 Å². The van der Waals surface area contributed by atoms with Gasteiger partial charge in [0.15, 0.2) is 0 Å². The molecule has 0 atom stereocenters. The fraction of sp³-hybridized carbons (Fsp3) is 0.400. The predicted octanol–water partition coefficient (Wildman–Crippen LogP) is 3.25. The van der Waals surface area contributed by atoms with Crippen LogP contribution in [0, 0.1) is 27.7 Å². The van der Waals surface area contributed by atoms with E-state index in [9.17, 15) is 16.8 Å². The monoisotopic (exact) mass is 722 g/mol. The molecule has 4 aromatic rings. The number of aryl methyl sites for hydroxylation is 2. The smallest absolute Gasteiger partial charge is 0.527 e. The summed E-state index contributed by atoms with van der Waals surface area (Å²) in [6.45, 7) is 6.67. The molecule has 0 fully saturated rings. The fourth-order valence-corrected chi connectivity index (χ4v) is 7.23. The van der Waals surface area contributed by atoms with Gasteiger partial charge in [0.25, 0.3) is 20.0 Å². The molecule has 0 spiro atoms. The number of hydrogen-bond donors (Lipinski definition) is 0. The Morgan fingerprint density at radius 1 is 0.633 bits per heavy atom. The molecule has 49 heavy (non-hydrogen) atoms. The molecule has 0 aliphatic heterocycles. The third-order valence-corrected chi connectivity index (χ3v) is 10.8. The molecule has 0 amide bonds. The lowest BCUT2D eigenvalue weighted by Crippen LogP contribution is -2.35. The minimum Gasteiger partial charge on any atom is -0.527 e. The Bertz CT molecular complexity index is 1760. The molecule has 0 saturated carbocycles. The second-order valence-electron chi connectivity index (χ2n) is 10.5. The summed E-state index contributed by atoms with van der Waals surface area (Å²) in [6.07, 6.45) is 0. The highest BCUT2D eigenvalue weighted by molar-refractivity contribution is 7.93. The van der Waals surface area contributed by atoms with Gasteiger partial charge < -0.3 is 37.3 Å². The Kier molecular flexibility index (Phi) is 13.1. The predicted molar refractivity (Wildman–Crippen MR) is 178 cm³/mol. The first-order valence-corrected chi connectivity index (χ1v) is 17.8. The first-order chi connectivity index (χ1) is 23.4. The molecule has 4 rings (SSSR count). The van der Waals surface area contributed by atoms with Crippen molar-refractivity contribution in [1.29, 1.82) is 0 Å². The highest BCUT2D eigenvalue weighted by Gasteiger charge is 2.34. The fourth-order valence-electron chi connectivity index (χ4n) is 4.28. The second kappa shape index (κ2) is 17.0. The maximum Gasteiger partial charge on any atom is 0.576 e. The van der Waals surface area contributed by atoms with Crippen molar-refractivity contribution in [3.8, 4) is 11.5 Å². The molecule has 2 aromatic heterocycles. The average Bonchev–Trinajstić information content (AvgIpc) is 3.59. The highest BCUT2D eigenvalue weighted by Crippen LogP contribution is 2.34. The molecule has 0 aliphatic rings. The zero-order chi connectivity index (χ0) is 35.6. The van der Waals surface area contributed by atoms with Crippen LogP contribution in [0.5, 0.6) is 11.5 Å². The van der Waals surface area contributed by atoms with Gasteiger partial charge in [-0.3, -0.25) is 0 Å². The number of anilines is 2. The van der Waals surface area contributed by atoms with E-state index >= 15 is 0 Å². The number of para-hydroxylation sites is 2. The summed E-state index contributed by atoms with van der Waals surface area (Å²) in [6, 6.07) is 11.8. The summed E-state index contributed by atoms with van der Waals surface area (Å²) in [5.41, 5.74) is 2.03. The van der Waals surface area contributed by atoms with Crippen LogP contribution in [-0.4, -0.2) is 88.9 Å². The molecule has 0 unspecified atom stereocenters. The van der Waals surface area contributed by atoms with Crippen LogP contribution in [0.15, 0.2) is 67.4 Å². The molecule has 2 heterocycles. The first-order valence-electron chi connectivity index (χ1n) is 14.9. The lowest BCUT2D eigenvalue weighted by Gasteiger charge is -2.24. The topological polar surface area (TPSA) is 182 Å². The van der Waals surface area contributed by atoms with Gasteiger partial charge in [0.2, 0.25) is 11.8 Å². The normalized spacial score (nSPS) is 11.8. The SMILES string of the molecule is COCCOCN(c1onc(C)c1C)S(=O)(=O)c1ccccc1OBOc1ccccc1S(=O)(=O)N(COCCOC)c1onc(C)c1C. The summed E-state index contributed by atoms with van der Waals surface area (Å²) in [5, 5.41) is 7.79. The lowest BCUT2D eigenvalue weighted by atomic mass is 10.3. The molecule has 0 N–H and O–H groups in total. The van der Waals surface area contributed by atoms with E-state index in [1.165, 1.54) is 50.6 Å². The summed E-state index contributed by atoms with van der Waals surface area (Å²) in [7, 11) is -6.27. The summed E-state index contributed by atoms with van der Waals surface area (Å²) in [5.74, 6) is -0.180. The van der Waals surface area contributed by atoms with E-state index in [0.29, 0.717) is 22.5 Å². The van der Waals surface area contributed by atoms with Gasteiger partial charge in [-0.1, -0.05) is 34.6 Å². The van der Waals surface area contributed by atoms with Crippen LogP contribution in [0.4, 0.5) is 11.8 Å². The van der Waals surface area contributed by atoms with Gasteiger partial charge in [-0.25, -0.2) is 25.4 Å². The molecule has 0 saturated heterocycles. The van der Waals surface area contributed by atoms with Crippen molar-refractivity contribution in [2.75, 3.05) is 62.7 Å². The molecular weight excluding hydrogens is 683 g/mol. The molecule has 266 valence electrons. The largest absolute Gasteiger partial charge is 0.576 e. The van der Waals surface area contributed by atoms with Crippen LogP contribution < -0.4 is 17.9 Å². The van der Waals surface area contributed by atoms with Crippen molar-refractivity contribution in [1.82, 2.24) is 10.3 Å². The van der Waals surface area contributed by atoms with E-state index in [2.05, 4.69) is 10.3 Å². The average molecular weight is 723 g/mol. The molecule has 0 bridgehead atoms. The molecule has 2 aromatic carbocycles. The van der Waals surface area contributed by atoms with Crippen molar-refractivity contribution in [3.05, 3.63) is 71.0 Å². The molecular formula is C30H39BN4O12S2. The van der Waals surface area contributed by atoms with Crippen molar-refractivity contribution >= 4 is 39.5 Å². The van der Waals surface area contributed by atoms with Crippen LogP contribution in [0.1, 0.15) is 22.5 Å². The number of hydrogen-bond acceptors (Lipinski definition) is 14. The Labute approximate surface area is 286 Å². The maximum absolute atomic E-state index is 14.1. The van der Waals surface area contributed by atoms with E-state index in [-0.39, 0.29) is 59.5 Å². The maximum atomic E-state index is 14.1. The van der Waals surface area contributed by atoms with Crippen molar-refractivity contribution in [2.24, 2.45) is 0 Å².